The number of benzene rings is 1. The topological polar surface area (TPSA) is 62.3 Å². The lowest BCUT2D eigenvalue weighted by molar-refractivity contribution is 0.297. The van der Waals surface area contributed by atoms with E-state index in [0.29, 0.717) is 13.2 Å². The van der Waals surface area contributed by atoms with Gasteiger partial charge in [0.1, 0.15) is 0 Å². The summed E-state index contributed by atoms with van der Waals surface area (Å²) >= 11 is 0. The number of rotatable bonds is 2. The molecule has 5 heteroatoms. The van der Waals surface area contributed by atoms with E-state index in [9.17, 15) is 0 Å². The average molecular weight is 259 g/mol. The molecular weight excluding hydrogens is 242 g/mol. The van der Waals surface area contributed by atoms with Crippen LogP contribution in [0.4, 0.5) is 0 Å². The zero-order chi connectivity index (χ0) is 13.2. The monoisotopic (exact) mass is 259 g/mol. The summed E-state index contributed by atoms with van der Waals surface area (Å²) in [7, 11) is 1.88. The zero-order valence-corrected chi connectivity index (χ0v) is 10.9. The molecule has 0 aliphatic carbocycles. The van der Waals surface area contributed by atoms with Crippen molar-refractivity contribution in [2.75, 3.05) is 13.2 Å². The highest BCUT2D eigenvalue weighted by Crippen LogP contribution is 2.33. The molecule has 0 saturated carbocycles. The summed E-state index contributed by atoms with van der Waals surface area (Å²) in [6, 6.07) is 5.65. The molecule has 0 bridgehead atoms. The van der Waals surface area contributed by atoms with Gasteiger partial charge in [-0.25, -0.2) is 0 Å². The maximum Gasteiger partial charge on any atom is 0.161 e. The normalized spacial score (nSPS) is 15.9. The van der Waals surface area contributed by atoms with Crippen molar-refractivity contribution in [3.05, 3.63) is 41.7 Å². The van der Waals surface area contributed by atoms with Crippen molar-refractivity contribution < 1.29 is 9.47 Å². The maximum atomic E-state index is 6.25. The molecule has 2 aromatic rings. The summed E-state index contributed by atoms with van der Waals surface area (Å²) in [5.74, 6) is 1.56. The summed E-state index contributed by atoms with van der Waals surface area (Å²) < 4.78 is 13.0. The van der Waals surface area contributed by atoms with E-state index in [4.69, 9.17) is 15.2 Å². The molecule has 2 N–H and O–H groups in total. The van der Waals surface area contributed by atoms with Gasteiger partial charge in [-0.3, -0.25) is 4.68 Å². The summed E-state index contributed by atoms with van der Waals surface area (Å²) in [6.45, 7) is 1.37. The fraction of sp³-hybridized carbons (Fsp3) is 0.357. The molecule has 0 amide bonds. The van der Waals surface area contributed by atoms with Gasteiger partial charge >= 0.3 is 0 Å². The molecule has 0 fully saturated rings. The van der Waals surface area contributed by atoms with Gasteiger partial charge in [0.25, 0.3) is 0 Å². The van der Waals surface area contributed by atoms with Crippen molar-refractivity contribution in [2.24, 2.45) is 12.8 Å². The van der Waals surface area contributed by atoms with Crippen LogP contribution in [0.5, 0.6) is 11.5 Å². The Morgan fingerprint density at radius 2 is 2.00 bits per heavy atom. The van der Waals surface area contributed by atoms with E-state index in [0.717, 1.165) is 29.0 Å². The third kappa shape index (κ3) is 2.42. The first-order chi connectivity index (χ1) is 9.24. The van der Waals surface area contributed by atoms with Crippen molar-refractivity contribution >= 4 is 0 Å². The van der Waals surface area contributed by atoms with Gasteiger partial charge in [-0.15, -0.1) is 0 Å². The van der Waals surface area contributed by atoms with Crippen LogP contribution >= 0.6 is 0 Å². The number of ether oxygens (including phenoxy) is 2. The molecule has 3 rings (SSSR count). The molecule has 0 spiro atoms. The van der Waals surface area contributed by atoms with Crippen molar-refractivity contribution in [3.8, 4) is 11.5 Å². The van der Waals surface area contributed by atoms with Gasteiger partial charge in [-0.05, 0) is 17.7 Å². The van der Waals surface area contributed by atoms with Crippen LogP contribution in [0.1, 0.15) is 23.6 Å². The highest BCUT2D eigenvalue weighted by Gasteiger charge is 2.15. The highest BCUT2D eigenvalue weighted by molar-refractivity contribution is 5.45. The SMILES string of the molecule is Cn1cc(C(N)c2ccc3c(c2)OCCCO3)cn1. The molecule has 1 aromatic heterocycles. The van der Waals surface area contributed by atoms with Crippen molar-refractivity contribution in [1.82, 2.24) is 9.78 Å². The quantitative estimate of drug-likeness (QED) is 0.890. The van der Waals surface area contributed by atoms with Crippen LogP contribution in [0.2, 0.25) is 0 Å². The lowest BCUT2D eigenvalue weighted by Crippen LogP contribution is -2.11. The van der Waals surface area contributed by atoms with Crippen LogP contribution in [0.15, 0.2) is 30.6 Å². The fourth-order valence-electron chi connectivity index (χ4n) is 2.17. The second-order valence-electron chi connectivity index (χ2n) is 4.68. The Morgan fingerprint density at radius 3 is 2.74 bits per heavy atom. The van der Waals surface area contributed by atoms with Gasteiger partial charge in [-0.2, -0.15) is 5.10 Å². The molecule has 100 valence electrons. The minimum atomic E-state index is -0.203. The smallest absolute Gasteiger partial charge is 0.161 e. The first-order valence-corrected chi connectivity index (χ1v) is 6.38. The second kappa shape index (κ2) is 4.93. The third-order valence-electron chi connectivity index (χ3n) is 3.21. The minimum absolute atomic E-state index is 0.203. The van der Waals surface area contributed by atoms with Crippen LogP contribution in [0, 0.1) is 0 Å². The van der Waals surface area contributed by atoms with Crippen molar-refractivity contribution in [3.63, 3.8) is 0 Å². The molecule has 0 radical (unpaired) electrons. The van der Waals surface area contributed by atoms with Gasteiger partial charge < -0.3 is 15.2 Å². The average Bonchev–Trinajstić information content (AvgIpc) is 2.72. The number of aryl methyl sites for hydroxylation is 1. The van der Waals surface area contributed by atoms with E-state index in [1.54, 1.807) is 10.9 Å². The number of nitrogens with zero attached hydrogens (tertiary/aromatic N) is 2. The molecule has 1 atom stereocenters. The minimum Gasteiger partial charge on any atom is -0.490 e. The largest absolute Gasteiger partial charge is 0.490 e. The number of fused-ring (bicyclic) bond motifs is 1. The zero-order valence-electron chi connectivity index (χ0n) is 10.9. The summed E-state index contributed by atoms with van der Waals surface area (Å²) in [5, 5.41) is 4.15. The number of aromatic nitrogens is 2. The summed E-state index contributed by atoms with van der Waals surface area (Å²) in [4.78, 5) is 0. The molecule has 2 heterocycles. The number of hydrogen-bond acceptors (Lipinski definition) is 4. The Hall–Kier alpha value is -2.01. The summed E-state index contributed by atoms with van der Waals surface area (Å²) in [6.07, 6.45) is 4.61. The van der Waals surface area contributed by atoms with E-state index in [2.05, 4.69) is 5.10 Å². The predicted molar refractivity (Wildman–Crippen MR) is 71.3 cm³/mol. The van der Waals surface area contributed by atoms with E-state index in [1.165, 1.54) is 0 Å². The molecule has 0 saturated heterocycles. The lowest BCUT2D eigenvalue weighted by Gasteiger charge is -2.13. The molecule has 1 aliphatic heterocycles. The van der Waals surface area contributed by atoms with Gasteiger partial charge in [0.15, 0.2) is 11.5 Å². The van der Waals surface area contributed by atoms with E-state index >= 15 is 0 Å². The molecule has 19 heavy (non-hydrogen) atoms. The Bertz CT molecular complexity index is 580. The van der Waals surface area contributed by atoms with Gasteiger partial charge in [0, 0.05) is 25.2 Å². The van der Waals surface area contributed by atoms with Crippen molar-refractivity contribution in [2.45, 2.75) is 12.5 Å². The predicted octanol–water partition coefficient (Wildman–Crippen LogP) is 1.63. The third-order valence-corrected chi connectivity index (χ3v) is 3.21. The summed E-state index contributed by atoms with van der Waals surface area (Å²) in [5.41, 5.74) is 8.23. The number of nitrogens with two attached hydrogens (primary N) is 1. The van der Waals surface area contributed by atoms with Gasteiger partial charge in [-0.1, -0.05) is 6.07 Å². The van der Waals surface area contributed by atoms with Gasteiger partial charge in [0.05, 0.1) is 25.5 Å². The van der Waals surface area contributed by atoms with Crippen LogP contribution < -0.4 is 15.2 Å². The van der Waals surface area contributed by atoms with Crippen molar-refractivity contribution in [1.29, 1.82) is 0 Å². The Morgan fingerprint density at radius 1 is 1.21 bits per heavy atom. The molecule has 5 nitrogen and oxygen atoms in total. The van der Waals surface area contributed by atoms with Gasteiger partial charge in [0.2, 0.25) is 0 Å². The van der Waals surface area contributed by atoms with E-state index in [1.807, 2.05) is 31.4 Å². The fourth-order valence-corrected chi connectivity index (χ4v) is 2.17. The lowest BCUT2D eigenvalue weighted by atomic mass is 10.0. The first kappa shape index (κ1) is 12.0. The Kier molecular flexibility index (Phi) is 3.13. The second-order valence-corrected chi connectivity index (χ2v) is 4.68. The van der Waals surface area contributed by atoms with Crippen LogP contribution in [-0.2, 0) is 7.05 Å². The van der Waals surface area contributed by atoms with Crippen LogP contribution in [0.25, 0.3) is 0 Å². The van der Waals surface area contributed by atoms with E-state index < -0.39 is 0 Å². The number of hydrogen-bond donors (Lipinski definition) is 1. The first-order valence-electron chi connectivity index (χ1n) is 6.38. The molecule has 1 aliphatic rings. The molecular formula is C14H17N3O2. The van der Waals surface area contributed by atoms with Crippen LogP contribution in [0.3, 0.4) is 0 Å². The Labute approximate surface area is 111 Å². The molecule has 1 aromatic carbocycles. The highest BCUT2D eigenvalue weighted by atomic mass is 16.5. The maximum absolute atomic E-state index is 6.25. The Balaban J connectivity index is 1.91. The standard InChI is InChI=1S/C14H17N3O2/c1-17-9-11(8-16-17)14(15)10-3-4-12-13(7-10)19-6-2-5-18-12/h3-4,7-9,14H,2,5-6,15H2,1H3. The van der Waals surface area contributed by atoms with E-state index in [-0.39, 0.29) is 6.04 Å². The van der Waals surface area contributed by atoms with Crippen LogP contribution in [-0.4, -0.2) is 23.0 Å². The molecule has 1 unspecified atom stereocenters.